The minimum absolute atomic E-state index is 0.00111. The summed E-state index contributed by atoms with van der Waals surface area (Å²) in [5.74, 6) is -0.539. The van der Waals surface area contributed by atoms with Gasteiger partial charge in [0.1, 0.15) is 4.91 Å². The maximum atomic E-state index is 12.6. The summed E-state index contributed by atoms with van der Waals surface area (Å²) in [5.41, 5.74) is 6.76. The molecule has 0 fully saturated rings. The van der Waals surface area contributed by atoms with E-state index >= 15 is 0 Å². The van der Waals surface area contributed by atoms with Gasteiger partial charge in [0.2, 0.25) is 15.6 Å². The molecule has 0 saturated carbocycles. The van der Waals surface area contributed by atoms with Crippen LogP contribution in [0.4, 0.5) is 0 Å². The standard InChI is InChI=1S/C15H10INO3S/c16-11-7-3-1-5-9(11)13(17)15-14(18)10-6-2-4-8-12(10)21(15,19)20/h1-8H,17H2/b15-13+. The van der Waals surface area contributed by atoms with Crippen LogP contribution in [-0.2, 0) is 9.84 Å². The molecule has 1 heterocycles. The second-order valence-corrected chi connectivity index (χ2v) is 7.57. The highest BCUT2D eigenvalue weighted by atomic mass is 127. The van der Waals surface area contributed by atoms with Crippen molar-refractivity contribution in [2.75, 3.05) is 0 Å². The van der Waals surface area contributed by atoms with Crippen LogP contribution in [-0.4, -0.2) is 14.2 Å². The van der Waals surface area contributed by atoms with Crippen molar-refractivity contribution < 1.29 is 13.2 Å². The summed E-state index contributed by atoms with van der Waals surface area (Å²) >= 11 is 2.06. The van der Waals surface area contributed by atoms with Gasteiger partial charge in [-0.15, -0.1) is 0 Å². The van der Waals surface area contributed by atoms with Crippen LogP contribution < -0.4 is 5.73 Å². The number of benzene rings is 2. The minimum atomic E-state index is -3.86. The number of ketones is 1. The SMILES string of the molecule is N/C(=C1\C(=O)c2ccccc2S1(=O)=O)c1ccccc1I. The van der Waals surface area contributed by atoms with Gasteiger partial charge in [-0.1, -0.05) is 30.3 Å². The zero-order valence-electron chi connectivity index (χ0n) is 10.7. The minimum Gasteiger partial charge on any atom is -0.397 e. The van der Waals surface area contributed by atoms with Crippen molar-refractivity contribution in [2.45, 2.75) is 4.90 Å². The lowest BCUT2D eigenvalue weighted by molar-refractivity contribution is 0.104. The Morgan fingerprint density at radius 3 is 2.29 bits per heavy atom. The van der Waals surface area contributed by atoms with Gasteiger partial charge in [0, 0.05) is 14.7 Å². The molecule has 0 unspecified atom stereocenters. The molecule has 0 aromatic heterocycles. The molecule has 0 saturated heterocycles. The number of allylic oxidation sites excluding steroid dienone is 1. The number of halogens is 1. The number of sulfone groups is 1. The van der Waals surface area contributed by atoms with Gasteiger partial charge in [0.25, 0.3) is 0 Å². The van der Waals surface area contributed by atoms with E-state index in [-0.39, 0.29) is 21.1 Å². The monoisotopic (exact) mass is 411 g/mol. The molecule has 0 amide bonds. The number of fused-ring (bicyclic) bond motifs is 1. The first-order valence-corrected chi connectivity index (χ1v) is 8.64. The molecular formula is C15H10INO3S. The Hall–Kier alpha value is -1.67. The van der Waals surface area contributed by atoms with Gasteiger partial charge in [-0.25, -0.2) is 8.42 Å². The molecule has 2 aromatic carbocycles. The molecule has 1 aliphatic rings. The van der Waals surface area contributed by atoms with E-state index in [2.05, 4.69) is 22.6 Å². The van der Waals surface area contributed by atoms with Gasteiger partial charge in [-0.2, -0.15) is 0 Å². The Balaban J connectivity index is 2.33. The molecule has 0 aliphatic carbocycles. The van der Waals surface area contributed by atoms with Crippen LogP contribution in [0.2, 0.25) is 0 Å². The van der Waals surface area contributed by atoms with E-state index < -0.39 is 15.6 Å². The van der Waals surface area contributed by atoms with Crippen molar-refractivity contribution in [1.82, 2.24) is 0 Å². The Labute approximate surface area is 135 Å². The normalized spacial score (nSPS) is 18.4. The molecule has 3 rings (SSSR count). The smallest absolute Gasteiger partial charge is 0.213 e. The third kappa shape index (κ3) is 2.09. The highest BCUT2D eigenvalue weighted by molar-refractivity contribution is 14.1. The Bertz CT molecular complexity index is 901. The first kappa shape index (κ1) is 14.3. The average molecular weight is 411 g/mol. The molecule has 2 N–H and O–H groups in total. The van der Waals surface area contributed by atoms with E-state index in [4.69, 9.17) is 5.73 Å². The van der Waals surface area contributed by atoms with Crippen molar-refractivity contribution in [2.24, 2.45) is 5.73 Å². The lowest BCUT2D eigenvalue weighted by atomic mass is 10.1. The van der Waals surface area contributed by atoms with Gasteiger partial charge in [-0.3, -0.25) is 4.79 Å². The van der Waals surface area contributed by atoms with Gasteiger partial charge < -0.3 is 5.73 Å². The highest BCUT2D eigenvalue weighted by Gasteiger charge is 2.41. The zero-order chi connectivity index (χ0) is 15.2. The Morgan fingerprint density at radius 2 is 1.62 bits per heavy atom. The topological polar surface area (TPSA) is 77.2 Å². The number of carbonyl (C=O) groups excluding carboxylic acids is 1. The van der Waals surface area contributed by atoms with Crippen LogP contribution in [0, 0.1) is 3.57 Å². The van der Waals surface area contributed by atoms with E-state index in [1.54, 1.807) is 24.3 Å². The molecule has 21 heavy (non-hydrogen) atoms. The fourth-order valence-corrected chi connectivity index (χ4v) is 4.67. The summed E-state index contributed by atoms with van der Waals surface area (Å²) < 4.78 is 25.9. The third-order valence-electron chi connectivity index (χ3n) is 3.30. The molecule has 0 bridgehead atoms. The van der Waals surface area contributed by atoms with E-state index in [9.17, 15) is 13.2 Å². The lowest BCUT2D eigenvalue weighted by Gasteiger charge is -2.07. The molecule has 0 atom stereocenters. The van der Waals surface area contributed by atoms with Crippen molar-refractivity contribution in [1.29, 1.82) is 0 Å². The van der Waals surface area contributed by atoms with Crippen molar-refractivity contribution >= 4 is 43.9 Å². The Kier molecular flexibility index (Phi) is 3.37. The van der Waals surface area contributed by atoms with Crippen molar-refractivity contribution in [3.63, 3.8) is 0 Å². The quantitative estimate of drug-likeness (QED) is 0.578. The van der Waals surface area contributed by atoms with Gasteiger partial charge in [0.05, 0.1) is 10.6 Å². The van der Waals surface area contributed by atoms with Crippen LogP contribution in [0.15, 0.2) is 58.3 Å². The molecule has 106 valence electrons. The zero-order valence-corrected chi connectivity index (χ0v) is 13.7. The van der Waals surface area contributed by atoms with E-state index in [0.29, 0.717) is 5.56 Å². The molecule has 0 radical (unpaired) electrons. The number of hydrogen-bond acceptors (Lipinski definition) is 4. The van der Waals surface area contributed by atoms with E-state index in [1.807, 2.05) is 12.1 Å². The third-order valence-corrected chi connectivity index (χ3v) is 6.12. The predicted molar refractivity (Wildman–Crippen MR) is 88.2 cm³/mol. The molecule has 6 heteroatoms. The second kappa shape index (κ2) is 4.96. The fraction of sp³-hybridized carbons (Fsp3) is 0. The number of nitrogens with two attached hydrogens (primary N) is 1. The summed E-state index contributed by atoms with van der Waals surface area (Å²) in [4.78, 5) is 12.1. The number of carbonyl (C=O) groups is 1. The van der Waals surface area contributed by atoms with Crippen molar-refractivity contribution in [3.8, 4) is 0 Å². The maximum absolute atomic E-state index is 12.6. The first-order chi connectivity index (χ1) is 9.94. The van der Waals surface area contributed by atoms with Crippen LogP contribution in [0.25, 0.3) is 5.70 Å². The predicted octanol–water partition coefficient (Wildman–Crippen LogP) is 2.59. The highest BCUT2D eigenvalue weighted by Crippen LogP contribution is 2.37. The molecule has 1 aliphatic heterocycles. The van der Waals surface area contributed by atoms with Crippen molar-refractivity contribution in [3.05, 3.63) is 68.1 Å². The summed E-state index contributed by atoms with van der Waals surface area (Å²) in [7, 11) is -3.86. The van der Waals surface area contributed by atoms with Gasteiger partial charge in [-0.05, 0) is 40.8 Å². The molecular weight excluding hydrogens is 401 g/mol. The van der Waals surface area contributed by atoms with Gasteiger partial charge >= 0.3 is 0 Å². The molecule has 0 spiro atoms. The first-order valence-electron chi connectivity index (χ1n) is 6.08. The summed E-state index contributed by atoms with van der Waals surface area (Å²) in [5, 5.41) is 0. The Morgan fingerprint density at radius 1 is 1.00 bits per heavy atom. The fourth-order valence-electron chi connectivity index (χ4n) is 2.31. The van der Waals surface area contributed by atoms with Crippen LogP contribution in [0.3, 0.4) is 0 Å². The maximum Gasteiger partial charge on any atom is 0.213 e. The summed E-state index contributed by atoms with van der Waals surface area (Å²) in [6.07, 6.45) is 0. The van der Waals surface area contributed by atoms with E-state index in [1.165, 1.54) is 12.1 Å². The van der Waals surface area contributed by atoms with Crippen LogP contribution >= 0.6 is 22.6 Å². The number of hydrogen-bond donors (Lipinski definition) is 1. The summed E-state index contributed by atoms with van der Waals surface area (Å²) in [6, 6.07) is 13.3. The summed E-state index contributed by atoms with van der Waals surface area (Å²) in [6.45, 7) is 0. The lowest BCUT2D eigenvalue weighted by Crippen LogP contribution is -2.12. The number of Topliss-reactive ketones (excluding diaryl/α,β-unsaturated/α-hetero) is 1. The van der Waals surface area contributed by atoms with Crippen LogP contribution in [0.1, 0.15) is 15.9 Å². The van der Waals surface area contributed by atoms with Crippen LogP contribution in [0.5, 0.6) is 0 Å². The molecule has 4 nitrogen and oxygen atoms in total. The second-order valence-electron chi connectivity index (χ2n) is 4.55. The van der Waals surface area contributed by atoms with E-state index in [0.717, 1.165) is 3.57 Å². The number of rotatable bonds is 1. The average Bonchev–Trinajstić information content (AvgIpc) is 2.67. The molecule has 2 aromatic rings. The largest absolute Gasteiger partial charge is 0.397 e. The van der Waals surface area contributed by atoms with Gasteiger partial charge in [0.15, 0.2) is 0 Å².